The molecular formula is C26H17BrN4O2. The third kappa shape index (κ3) is 4.58. The van der Waals surface area contributed by atoms with Crippen molar-refractivity contribution in [2.24, 2.45) is 0 Å². The second-order valence-electron chi connectivity index (χ2n) is 7.17. The van der Waals surface area contributed by atoms with Crippen LogP contribution in [0.2, 0.25) is 0 Å². The molecule has 0 saturated carbocycles. The van der Waals surface area contributed by atoms with E-state index < -0.39 is 0 Å². The molecule has 0 spiro atoms. The Morgan fingerprint density at radius 3 is 2.33 bits per heavy atom. The molecule has 160 valence electrons. The van der Waals surface area contributed by atoms with Crippen molar-refractivity contribution < 1.29 is 9.53 Å². The average Bonchev–Trinajstić information content (AvgIpc) is 2.86. The van der Waals surface area contributed by atoms with Crippen molar-refractivity contribution in [2.75, 3.05) is 5.32 Å². The molecule has 0 radical (unpaired) electrons. The fraction of sp³-hybridized carbons (Fsp3) is 0. The summed E-state index contributed by atoms with van der Waals surface area (Å²) in [4.78, 5) is 25.9. The van der Waals surface area contributed by atoms with Crippen LogP contribution in [0, 0.1) is 0 Å². The number of aromatic nitrogens is 3. The number of hydrogen-bond donors (Lipinski definition) is 1. The third-order valence-corrected chi connectivity index (χ3v) is 5.64. The van der Waals surface area contributed by atoms with Gasteiger partial charge in [-0.05, 0) is 76.6 Å². The lowest BCUT2D eigenvalue weighted by molar-refractivity contribution is 0.102. The topological polar surface area (TPSA) is 77.0 Å². The molecular weight excluding hydrogens is 480 g/mol. The van der Waals surface area contributed by atoms with Crippen molar-refractivity contribution in [2.45, 2.75) is 0 Å². The van der Waals surface area contributed by atoms with E-state index in [-0.39, 0.29) is 5.91 Å². The number of nitrogens with zero attached hydrogens (tertiary/aromatic N) is 3. The number of pyridine rings is 1. The van der Waals surface area contributed by atoms with Crippen molar-refractivity contribution in [3.05, 3.63) is 107 Å². The summed E-state index contributed by atoms with van der Waals surface area (Å²) < 4.78 is 6.87. The first-order valence-electron chi connectivity index (χ1n) is 10.2. The highest BCUT2D eigenvalue weighted by Crippen LogP contribution is 2.30. The lowest BCUT2D eigenvalue weighted by atomic mass is 10.2. The predicted molar refractivity (Wildman–Crippen MR) is 131 cm³/mol. The average molecular weight is 497 g/mol. The minimum absolute atomic E-state index is 0.195. The van der Waals surface area contributed by atoms with Crippen molar-refractivity contribution >= 4 is 38.4 Å². The number of anilines is 1. The maximum Gasteiger partial charge on any atom is 0.256 e. The molecule has 0 fully saturated rings. The summed E-state index contributed by atoms with van der Waals surface area (Å²) >= 11 is 3.40. The maximum atomic E-state index is 12.5. The van der Waals surface area contributed by atoms with Crippen molar-refractivity contribution in [3.63, 3.8) is 0 Å². The Bertz CT molecular complexity index is 1440. The lowest BCUT2D eigenvalue weighted by Gasteiger charge is -2.11. The Morgan fingerprint density at radius 2 is 1.55 bits per heavy atom. The lowest BCUT2D eigenvalue weighted by Crippen LogP contribution is -2.12. The first kappa shape index (κ1) is 20.8. The van der Waals surface area contributed by atoms with Gasteiger partial charge in [-0.2, -0.15) is 4.98 Å². The molecule has 33 heavy (non-hydrogen) atoms. The Labute approximate surface area is 198 Å². The normalized spacial score (nSPS) is 10.7. The highest BCUT2D eigenvalue weighted by atomic mass is 79.9. The molecule has 0 saturated heterocycles. The maximum absolute atomic E-state index is 12.5. The summed E-state index contributed by atoms with van der Waals surface area (Å²) in [5.41, 5.74) is 2.86. The van der Waals surface area contributed by atoms with Gasteiger partial charge >= 0.3 is 0 Å². The molecule has 1 amide bonds. The van der Waals surface area contributed by atoms with E-state index in [0.29, 0.717) is 28.7 Å². The van der Waals surface area contributed by atoms with Gasteiger partial charge in [-0.25, -0.2) is 4.98 Å². The van der Waals surface area contributed by atoms with E-state index >= 15 is 0 Å². The van der Waals surface area contributed by atoms with Crippen LogP contribution in [0.1, 0.15) is 10.4 Å². The van der Waals surface area contributed by atoms with Gasteiger partial charge in [0.05, 0.1) is 16.5 Å². The zero-order valence-corrected chi connectivity index (χ0v) is 18.9. The quantitative estimate of drug-likeness (QED) is 0.300. The number of hydrogen-bond acceptors (Lipinski definition) is 5. The molecule has 1 N–H and O–H groups in total. The Hall–Kier alpha value is -4.10. The van der Waals surface area contributed by atoms with E-state index in [9.17, 15) is 4.79 Å². The molecule has 2 heterocycles. The molecule has 3 aromatic carbocycles. The number of carbonyl (C=O) groups excluding carboxylic acids is 1. The van der Waals surface area contributed by atoms with Crippen molar-refractivity contribution in [1.29, 1.82) is 0 Å². The summed E-state index contributed by atoms with van der Waals surface area (Å²) in [5.74, 6) is 1.42. The molecule has 0 unspecified atom stereocenters. The van der Waals surface area contributed by atoms with Crippen LogP contribution in [-0.2, 0) is 0 Å². The van der Waals surface area contributed by atoms with Crippen LogP contribution in [0.5, 0.6) is 11.6 Å². The van der Waals surface area contributed by atoms with E-state index in [1.54, 1.807) is 42.7 Å². The minimum atomic E-state index is -0.195. The van der Waals surface area contributed by atoms with Crippen molar-refractivity contribution in [3.8, 4) is 23.0 Å². The second-order valence-corrected chi connectivity index (χ2v) is 8.02. The van der Waals surface area contributed by atoms with Gasteiger partial charge in [0.15, 0.2) is 5.82 Å². The summed E-state index contributed by atoms with van der Waals surface area (Å²) in [6.07, 6.45) is 3.41. The molecule has 0 aliphatic rings. The highest BCUT2D eigenvalue weighted by molar-refractivity contribution is 9.10. The standard InChI is InChI=1S/C26H17BrN4O2/c27-22-7-3-1-5-20(22)25(32)29-18-9-11-19(12-10-18)33-26-21-6-2-4-8-23(21)30-24(31-26)17-13-15-28-16-14-17/h1-16H,(H,29,32). The van der Waals surface area contributed by atoms with Gasteiger partial charge in [0.25, 0.3) is 5.91 Å². The first-order valence-corrected chi connectivity index (χ1v) is 11.0. The van der Waals surface area contributed by atoms with Gasteiger partial charge in [0.2, 0.25) is 5.88 Å². The van der Waals surface area contributed by atoms with Gasteiger partial charge in [-0.3, -0.25) is 9.78 Å². The van der Waals surface area contributed by atoms with Crippen LogP contribution < -0.4 is 10.1 Å². The number of benzene rings is 3. The number of ether oxygens (including phenoxy) is 1. The molecule has 0 bridgehead atoms. The first-order chi connectivity index (χ1) is 16.2. The van der Waals surface area contributed by atoms with Crippen LogP contribution in [0.3, 0.4) is 0 Å². The zero-order chi connectivity index (χ0) is 22.6. The third-order valence-electron chi connectivity index (χ3n) is 4.95. The molecule has 5 aromatic rings. The monoisotopic (exact) mass is 496 g/mol. The summed E-state index contributed by atoms with van der Waals surface area (Å²) in [5, 5.41) is 3.70. The molecule has 0 aliphatic carbocycles. The number of nitrogens with one attached hydrogen (secondary N) is 1. The van der Waals surface area contributed by atoms with Crippen LogP contribution >= 0.6 is 15.9 Å². The number of para-hydroxylation sites is 1. The molecule has 0 atom stereocenters. The number of amides is 1. The molecule has 2 aromatic heterocycles. The van der Waals surface area contributed by atoms with Crippen LogP contribution in [0.15, 0.2) is 102 Å². The predicted octanol–water partition coefficient (Wildman–Crippen LogP) is 6.50. The van der Waals surface area contributed by atoms with Crippen LogP contribution in [-0.4, -0.2) is 20.9 Å². The van der Waals surface area contributed by atoms with E-state index in [0.717, 1.165) is 20.9 Å². The van der Waals surface area contributed by atoms with E-state index in [1.807, 2.05) is 54.6 Å². The van der Waals surface area contributed by atoms with E-state index in [4.69, 9.17) is 4.74 Å². The number of carbonyl (C=O) groups is 1. The second kappa shape index (κ2) is 9.18. The van der Waals surface area contributed by atoms with Crippen LogP contribution in [0.4, 0.5) is 5.69 Å². The smallest absolute Gasteiger partial charge is 0.256 e. The Morgan fingerprint density at radius 1 is 0.818 bits per heavy atom. The fourth-order valence-electron chi connectivity index (χ4n) is 3.32. The summed E-state index contributed by atoms with van der Waals surface area (Å²) in [6, 6.07) is 25.9. The molecule has 7 heteroatoms. The molecule has 6 nitrogen and oxygen atoms in total. The van der Waals surface area contributed by atoms with E-state index in [1.165, 1.54) is 0 Å². The van der Waals surface area contributed by atoms with Gasteiger partial charge in [0.1, 0.15) is 5.75 Å². The van der Waals surface area contributed by atoms with E-state index in [2.05, 4.69) is 36.2 Å². The minimum Gasteiger partial charge on any atom is -0.438 e. The van der Waals surface area contributed by atoms with Crippen LogP contribution in [0.25, 0.3) is 22.3 Å². The van der Waals surface area contributed by atoms with Gasteiger partial charge in [0, 0.05) is 28.1 Å². The van der Waals surface area contributed by atoms with Gasteiger partial charge in [-0.15, -0.1) is 0 Å². The van der Waals surface area contributed by atoms with Gasteiger partial charge < -0.3 is 10.1 Å². The number of halogens is 1. The summed E-state index contributed by atoms with van der Waals surface area (Å²) in [6.45, 7) is 0. The van der Waals surface area contributed by atoms with Crippen molar-refractivity contribution in [1.82, 2.24) is 15.0 Å². The number of fused-ring (bicyclic) bond motifs is 1. The number of rotatable bonds is 5. The fourth-order valence-corrected chi connectivity index (χ4v) is 3.78. The Balaban J connectivity index is 1.41. The Kier molecular flexibility index (Phi) is 5.78. The largest absolute Gasteiger partial charge is 0.438 e. The molecule has 0 aliphatic heterocycles. The molecule has 5 rings (SSSR count). The zero-order valence-electron chi connectivity index (χ0n) is 17.3. The summed E-state index contributed by atoms with van der Waals surface area (Å²) in [7, 11) is 0. The van der Waals surface area contributed by atoms with Gasteiger partial charge in [-0.1, -0.05) is 24.3 Å². The highest BCUT2D eigenvalue weighted by Gasteiger charge is 2.12. The SMILES string of the molecule is O=C(Nc1ccc(Oc2nc(-c3ccncc3)nc3ccccc23)cc1)c1ccccc1Br.